The topological polar surface area (TPSA) is 598 Å². The maximum Gasteiger partial charge on any atom is 0.327 e. The van der Waals surface area contributed by atoms with E-state index in [0.29, 0.717) is 59.0 Å². The maximum absolute atomic E-state index is 15.2. The smallest absolute Gasteiger partial charge is 0.327 e. The predicted octanol–water partition coefficient (Wildman–Crippen LogP) is -3.96. The number of para-hydroxylation sites is 1. The van der Waals surface area contributed by atoms with E-state index in [1.165, 1.54) is 0 Å². The van der Waals surface area contributed by atoms with Gasteiger partial charge in [-0.1, -0.05) is 116 Å². The molecule has 1 aromatic heterocycles. The molecule has 108 heavy (non-hydrogen) atoms. The van der Waals surface area contributed by atoms with Gasteiger partial charge in [0.15, 0.2) is 0 Å². The number of carboxylic acid groups (broad SMARTS) is 2. The van der Waals surface area contributed by atoms with Crippen LogP contribution in [-0.2, 0) is 92.8 Å². The summed E-state index contributed by atoms with van der Waals surface area (Å²) < 4.78 is 0. The van der Waals surface area contributed by atoms with Gasteiger partial charge in [0.1, 0.15) is 60.4 Å². The van der Waals surface area contributed by atoms with Crippen LogP contribution in [0.25, 0.3) is 10.9 Å². The molecule has 586 valence electrons. The molecular weight excluding hydrogens is 1400 g/mol. The van der Waals surface area contributed by atoms with Gasteiger partial charge in [0.05, 0.1) is 37.7 Å². The monoisotopic (exact) mass is 1500 g/mol. The third-order valence-electron chi connectivity index (χ3n) is 17.4. The molecule has 0 saturated carbocycles. The second-order valence-corrected chi connectivity index (χ2v) is 26.0. The number of aromatic nitrogens is 1. The summed E-state index contributed by atoms with van der Waals surface area (Å²) in [6.45, 7) is 1.18. The standard InChI is InChI=1S/C73H100N16O19/c1-41(91)61(70(104)85-53(35-45-23-10-5-11-24-45)69(103)88-62(42(2)92)71(105)86-56(40-90)72(106)89(59(94)29-18-32-76)57(73(107)108)38-60(95)96)87-64(98)50(28-15-17-31-75)80-67(101)54(36-46-39-79-49-27-13-12-25-47(46)49)84-66(100)52(34-44-21-8-4-9-22-44)82-65(99)51(33-43-19-6-3-7-20-43)83-68(102)55(37-58(78)93)81-63(97)48(77)26-14-16-30-74/h3-13,19-25,27,39,41-42,48,50-57,61-62,79,90-92H,14-18,26,28-38,40,74-77H2,1-2H3,(H2,78,93)(H,80,101)(H,81,97)(H,82,99)(H,83,102)(H,84,100)(H,85,104)(H,86,105)(H,87,98)(H,88,103)(H,95,96)(H,107,108)/t41-,42-,48+,50+,51+,52+,53+,54+,55+,56+,57+,61+,62+/m1/s1. The summed E-state index contributed by atoms with van der Waals surface area (Å²) in [5.41, 5.74) is 31.3. The van der Waals surface area contributed by atoms with E-state index in [2.05, 4.69) is 52.8 Å². The van der Waals surface area contributed by atoms with Crippen molar-refractivity contribution in [3.63, 3.8) is 0 Å². The van der Waals surface area contributed by atoms with Crippen LogP contribution in [0.4, 0.5) is 0 Å². The Morgan fingerprint density at radius 1 is 0.444 bits per heavy atom. The van der Waals surface area contributed by atoms with E-state index in [0.717, 1.165) is 13.8 Å². The van der Waals surface area contributed by atoms with E-state index in [4.69, 9.17) is 28.7 Å². The first-order valence-electron chi connectivity index (χ1n) is 35.3. The van der Waals surface area contributed by atoms with Crippen LogP contribution in [0.15, 0.2) is 121 Å². The first-order chi connectivity index (χ1) is 51.5. The molecule has 12 amide bonds. The van der Waals surface area contributed by atoms with Gasteiger partial charge >= 0.3 is 11.9 Å². The van der Waals surface area contributed by atoms with Gasteiger partial charge in [0.2, 0.25) is 65.0 Å². The average Bonchev–Trinajstić information content (AvgIpc) is 1.32. The number of amides is 12. The van der Waals surface area contributed by atoms with Gasteiger partial charge in [-0.15, -0.1) is 0 Å². The molecule has 35 heteroatoms. The predicted molar refractivity (Wildman–Crippen MR) is 392 cm³/mol. The van der Waals surface area contributed by atoms with Crippen LogP contribution in [0.5, 0.6) is 0 Å². The lowest BCUT2D eigenvalue weighted by molar-refractivity contribution is -0.162. The van der Waals surface area contributed by atoms with Crippen molar-refractivity contribution in [3.8, 4) is 0 Å². The van der Waals surface area contributed by atoms with E-state index in [1.54, 1.807) is 121 Å². The van der Waals surface area contributed by atoms with E-state index in [1.807, 2.05) is 0 Å². The molecule has 0 aliphatic carbocycles. The van der Waals surface area contributed by atoms with Gasteiger partial charge in [0.25, 0.3) is 5.91 Å². The van der Waals surface area contributed by atoms with Gasteiger partial charge in [0, 0.05) is 49.2 Å². The SMILES string of the molecule is C[C@@H](O)[C@H](NC(=O)[C@H](CCCCN)NC(=O)[C@H](Cc1c[nH]c2ccccc12)NC(=O)[C@H](Cc1ccccc1)NC(=O)[C@H](Cc1ccccc1)NC(=O)[C@H](CC(N)=O)NC(=O)[C@@H](N)CCCCN)C(=O)N[C@@H](Cc1ccccc1)C(=O)N[C@H](C(=O)N[C@@H](CO)C(=O)N(C(=O)CCCN)[C@@H](CC(=O)O)C(=O)O)[C@@H](C)O. The summed E-state index contributed by atoms with van der Waals surface area (Å²) in [4.78, 5) is 197. The number of carbonyl (C=O) groups excluding carboxylic acids is 12. The number of rotatable bonds is 47. The Morgan fingerprint density at radius 3 is 1.27 bits per heavy atom. The highest BCUT2D eigenvalue weighted by atomic mass is 16.4. The molecule has 5 rings (SSSR count). The molecule has 0 aliphatic heterocycles. The van der Waals surface area contributed by atoms with Gasteiger partial charge in [-0.25, -0.2) is 4.79 Å². The molecule has 4 aromatic carbocycles. The molecule has 0 unspecified atom stereocenters. The number of fused-ring (bicyclic) bond motifs is 1. The lowest BCUT2D eigenvalue weighted by atomic mass is 10.00. The highest BCUT2D eigenvalue weighted by Crippen LogP contribution is 2.21. The van der Waals surface area contributed by atoms with Crippen LogP contribution < -0.4 is 76.5 Å². The number of carbonyl (C=O) groups is 14. The molecule has 0 saturated heterocycles. The van der Waals surface area contributed by atoms with Crippen LogP contribution in [0.2, 0.25) is 0 Å². The van der Waals surface area contributed by atoms with Crippen LogP contribution in [0.3, 0.4) is 0 Å². The summed E-state index contributed by atoms with van der Waals surface area (Å²) >= 11 is 0. The van der Waals surface area contributed by atoms with E-state index < -0.39 is 187 Å². The number of primary amides is 1. The minimum absolute atomic E-state index is 0.0573. The fourth-order valence-corrected chi connectivity index (χ4v) is 11.6. The van der Waals surface area contributed by atoms with Crippen LogP contribution in [0, 0.1) is 0 Å². The van der Waals surface area contributed by atoms with Crippen molar-refractivity contribution < 1.29 is 92.7 Å². The summed E-state index contributed by atoms with van der Waals surface area (Å²) in [5, 5.41) is 75.2. The first kappa shape index (κ1) is 87.6. The third kappa shape index (κ3) is 28.0. The summed E-state index contributed by atoms with van der Waals surface area (Å²) in [7, 11) is 0. The number of aromatic amines is 1. The number of nitrogens with zero attached hydrogens (tertiary/aromatic N) is 1. The quantitative estimate of drug-likeness (QED) is 0.0165. The van der Waals surface area contributed by atoms with Gasteiger partial charge in [-0.3, -0.25) is 67.2 Å². The number of unbranched alkanes of at least 4 members (excludes halogenated alkanes) is 2. The fraction of sp³-hybridized carbons (Fsp3) is 0.452. The van der Waals surface area contributed by atoms with Gasteiger partial charge in [-0.05, 0) is 100 Å². The zero-order chi connectivity index (χ0) is 79.6. The average molecular weight is 1510 g/mol. The number of imide groups is 1. The second kappa shape index (κ2) is 44.8. The number of benzene rings is 4. The van der Waals surface area contributed by atoms with Gasteiger partial charge < -0.3 is 107 Å². The lowest BCUT2D eigenvalue weighted by Gasteiger charge is -2.31. The van der Waals surface area contributed by atoms with E-state index in [9.17, 15) is 83.1 Å². The summed E-state index contributed by atoms with van der Waals surface area (Å²) in [6, 6.07) is 12.6. The fourth-order valence-electron chi connectivity index (χ4n) is 11.6. The van der Waals surface area contributed by atoms with Crippen LogP contribution in [0.1, 0.15) is 100 Å². The Balaban J connectivity index is 1.47. The third-order valence-corrected chi connectivity index (χ3v) is 17.4. The lowest BCUT2D eigenvalue weighted by Crippen LogP contribution is -2.63. The number of carboxylic acids is 2. The highest BCUT2D eigenvalue weighted by molar-refractivity contribution is 6.04. The van der Waals surface area contributed by atoms with Crippen LogP contribution in [-0.4, -0.2) is 223 Å². The molecule has 0 radical (unpaired) electrons. The van der Waals surface area contributed by atoms with Gasteiger partial charge in [-0.2, -0.15) is 0 Å². The minimum atomic E-state index is -2.33. The molecule has 13 atom stereocenters. The molecule has 25 N–H and O–H groups in total. The van der Waals surface area contributed by atoms with Crippen molar-refractivity contribution in [2.45, 2.75) is 182 Å². The normalized spacial score (nSPS) is 14.8. The number of nitrogens with two attached hydrogens (primary N) is 5. The molecule has 1 heterocycles. The molecular formula is C73H100N16O19. The largest absolute Gasteiger partial charge is 0.481 e. The molecule has 35 nitrogen and oxygen atoms in total. The summed E-state index contributed by atoms with van der Waals surface area (Å²) in [5.74, 6) is -16.9. The van der Waals surface area contributed by atoms with Crippen LogP contribution >= 0.6 is 0 Å². The Hall–Kier alpha value is -11.1. The number of H-pyrrole nitrogens is 1. The van der Waals surface area contributed by atoms with Crippen molar-refractivity contribution in [1.29, 1.82) is 0 Å². The Labute approximate surface area is 622 Å². The van der Waals surface area contributed by atoms with Crippen molar-refractivity contribution in [2.75, 3.05) is 26.2 Å². The van der Waals surface area contributed by atoms with Crippen molar-refractivity contribution >= 4 is 93.7 Å². The first-order valence-corrected chi connectivity index (χ1v) is 35.3. The molecule has 0 spiro atoms. The Bertz CT molecular complexity index is 3850. The second-order valence-electron chi connectivity index (χ2n) is 26.0. The zero-order valence-electron chi connectivity index (χ0n) is 60.1. The number of aliphatic carboxylic acids is 2. The molecule has 5 aromatic rings. The molecule has 0 aliphatic rings. The number of nitrogens with one attached hydrogen (secondary N) is 10. The highest BCUT2D eigenvalue weighted by Gasteiger charge is 2.42. The Kier molecular flexibility index (Phi) is 36.3. The van der Waals surface area contributed by atoms with Crippen molar-refractivity contribution in [3.05, 3.63) is 144 Å². The Morgan fingerprint density at radius 2 is 0.833 bits per heavy atom. The number of hydrogen-bond donors (Lipinski definition) is 20. The zero-order valence-corrected chi connectivity index (χ0v) is 60.1. The van der Waals surface area contributed by atoms with Crippen molar-refractivity contribution in [2.24, 2.45) is 28.7 Å². The van der Waals surface area contributed by atoms with E-state index >= 15 is 9.59 Å². The van der Waals surface area contributed by atoms with Crippen molar-refractivity contribution in [1.82, 2.24) is 57.7 Å². The number of aliphatic hydroxyl groups excluding tert-OH is 3. The molecule has 0 fully saturated rings. The molecule has 0 bridgehead atoms. The minimum Gasteiger partial charge on any atom is -0.481 e. The van der Waals surface area contributed by atoms with E-state index in [-0.39, 0.29) is 69.4 Å². The summed E-state index contributed by atoms with van der Waals surface area (Å²) in [6.07, 6.45) is -4.15. The maximum atomic E-state index is 15.2. The number of aliphatic hydroxyl groups is 3. The number of hydrogen-bond acceptors (Lipinski definition) is 21.